The molecule has 0 bridgehead atoms. The van der Waals surface area contributed by atoms with Crippen molar-refractivity contribution in [3.8, 4) is 11.5 Å². The van der Waals surface area contributed by atoms with Gasteiger partial charge in [-0.2, -0.15) is 4.31 Å². The molecule has 0 radical (unpaired) electrons. The smallest absolute Gasteiger partial charge is 0.243 e. The van der Waals surface area contributed by atoms with E-state index in [9.17, 15) is 17.6 Å². The number of benzene rings is 2. The summed E-state index contributed by atoms with van der Waals surface area (Å²) in [5, 5.41) is 0. The van der Waals surface area contributed by atoms with Crippen LogP contribution < -0.4 is 9.47 Å². The van der Waals surface area contributed by atoms with E-state index in [1.807, 2.05) is 18.2 Å². The topological polar surface area (TPSA) is 79.4 Å². The van der Waals surface area contributed by atoms with E-state index in [0.29, 0.717) is 26.2 Å². The fourth-order valence-electron chi connectivity index (χ4n) is 3.61. The Morgan fingerprint density at radius 3 is 2.42 bits per heavy atom. The number of rotatable bonds is 6. The molecule has 1 saturated heterocycles. The second kappa shape index (κ2) is 8.81. The molecule has 10 heteroatoms. The third kappa shape index (κ3) is 4.81. The lowest BCUT2D eigenvalue weighted by Crippen LogP contribution is -2.51. The van der Waals surface area contributed by atoms with E-state index in [1.54, 1.807) is 4.90 Å². The normalized spacial score (nSPS) is 16.7. The van der Waals surface area contributed by atoms with E-state index >= 15 is 0 Å². The van der Waals surface area contributed by atoms with Crippen LogP contribution in [0.1, 0.15) is 5.56 Å². The van der Waals surface area contributed by atoms with Gasteiger partial charge in [-0.3, -0.25) is 9.69 Å². The van der Waals surface area contributed by atoms with Crippen molar-refractivity contribution in [2.24, 2.45) is 0 Å². The largest absolute Gasteiger partial charge is 0.454 e. The number of likely N-dealkylation sites (N-methyl/N-ethyl adjacent to an activating group) is 1. The van der Waals surface area contributed by atoms with E-state index in [1.165, 1.54) is 19.2 Å². The van der Waals surface area contributed by atoms with Gasteiger partial charge in [0.25, 0.3) is 0 Å². The van der Waals surface area contributed by atoms with Crippen LogP contribution in [0, 0.1) is 5.82 Å². The number of carbonyl (C=O) groups is 1. The Morgan fingerprint density at radius 1 is 1.03 bits per heavy atom. The van der Waals surface area contributed by atoms with Gasteiger partial charge < -0.3 is 14.4 Å². The quantitative estimate of drug-likeness (QED) is 0.666. The van der Waals surface area contributed by atoms with Gasteiger partial charge in [0.2, 0.25) is 22.7 Å². The molecule has 8 nitrogen and oxygen atoms in total. The Balaban J connectivity index is 1.29. The highest BCUT2D eigenvalue weighted by Gasteiger charge is 2.27. The van der Waals surface area contributed by atoms with Crippen LogP contribution in [-0.2, 0) is 21.4 Å². The number of ether oxygens (including phenoxy) is 2. The van der Waals surface area contributed by atoms with Crippen LogP contribution >= 0.6 is 0 Å². The molecule has 0 atom stereocenters. The van der Waals surface area contributed by atoms with Gasteiger partial charge in [0.15, 0.2) is 11.5 Å². The highest BCUT2D eigenvalue weighted by Crippen LogP contribution is 2.32. The minimum absolute atomic E-state index is 0.0438. The lowest BCUT2D eigenvalue weighted by Gasteiger charge is -2.35. The van der Waals surface area contributed by atoms with Crippen molar-refractivity contribution in [3.05, 3.63) is 53.8 Å². The predicted octanol–water partition coefficient (Wildman–Crippen LogP) is 1.52. The number of hydrogen-bond donors (Lipinski definition) is 0. The molecule has 2 aromatic rings. The summed E-state index contributed by atoms with van der Waals surface area (Å²) in [4.78, 5) is 16.5. The summed E-state index contributed by atoms with van der Waals surface area (Å²) in [7, 11) is -2.51. The summed E-state index contributed by atoms with van der Waals surface area (Å²) in [5.74, 6) is 0.725. The number of halogens is 1. The van der Waals surface area contributed by atoms with Gasteiger partial charge in [-0.1, -0.05) is 6.07 Å². The molecule has 0 aromatic heterocycles. The van der Waals surface area contributed by atoms with E-state index < -0.39 is 15.8 Å². The zero-order chi connectivity index (χ0) is 22.0. The Labute approximate surface area is 180 Å². The summed E-state index contributed by atoms with van der Waals surface area (Å²) in [6.45, 7) is 3.13. The third-order valence-corrected chi connectivity index (χ3v) is 7.27. The molecular weight excluding hydrogens is 425 g/mol. The number of sulfonamides is 1. The summed E-state index contributed by atoms with van der Waals surface area (Å²) >= 11 is 0. The first-order valence-corrected chi connectivity index (χ1v) is 11.4. The molecule has 4 rings (SSSR count). The van der Waals surface area contributed by atoms with Gasteiger partial charge in [0.05, 0.1) is 11.4 Å². The maximum atomic E-state index is 13.1. The molecule has 1 amide bonds. The minimum Gasteiger partial charge on any atom is -0.454 e. The van der Waals surface area contributed by atoms with Gasteiger partial charge in [-0.15, -0.1) is 0 Å². The molecule has 31 heavy (non-hydrogen) atoms. The van der Waals surface area contributed by atoms with Gasteiger partial charge >= 0.3 is 0 Å². The second-order valence-electron chi connectivity index (χ2n) is 7.56. The molecule has 2 heterocycles. The van der Waals surface area contributed by atoms with Crippen LogP contribution in [0.4, 0.5) is 4.39 Å². The maximum Gasteiger partial charge on any atom is 0.243 e. The summed E-state index contributed by atoms with van der Waals surface area (Å²) in [6.07, 6.45) is 0. The summed E-state index contributed by atoms with van der Waals surface area (Å²) in [6, 6.07) is 10.4. The van der Waals surface area contributed by atoms with Crippen LogP contribution in [-0.4, -0.2) is 75.0 Å². The molecule has 2 aromatic carbocycles. The van der Waals surface area contributed by atoms with Gasteiger partial charge in [0.1, 0.15) is 5.82 Å². The number of nitrogens with zero attached hydrogens (tertiary/aromatic N) is 3. The summed E-state index contributed by atoms with van der Waals surface area (Å²) in [5.41, 5.74) is 1.11. The van der Waals surface area contributed by atoms with Crippen molar-refractivity contribution in [2.75, 3.05) is 46.6 Å². The third-order valence-electron chi connectivity index (χ3n) is 5.45. The monoisotopic (exact) mass is 449 g/mol. The minimum atomic E-state index is -3.86. The van der Waals surface area contributed by atoms with Crippen molar-refractivity contribution in [3.63, 3.8) is 0 Å². The lowest BCUT2D eigenvalue weighted by atomic mass is 10.1. The van der Waals surface area contributed by atoms with E-state index in [0.717, 1.165) is 40.0 Å². The number of hydrogen-bond acceptors (Lipinski definition) is 6. The first-order valence-electron chi connectivity index (χ1n) is 9.93. The molecule has 0 aliphatic carbocycles. The number of carbonyl (C=O) groups excluding carboxylic acids is 1. The van der Waals surface area contributed by atoms with Gasteiger partial charge in [-0.05, 0) is 42.0 Å². The van der Waals surface area contributed by atoms with Crippen molar-refractivity contribution < 1.29 is 27.1 Å². The Morgan fingerprint density at radius 2 is 1.71 bits per heavy atom. The maximum absolute atomic E-state index is 13.1. The highest BCUT2D eigenvalue weighted by atomic mass is 32.2. The van der Waals surface area contributed by atoms with Crippen molar-refractivity contribution in [1.82, 2.24) is 14.1 Å². The van der Waals surface area contributed by atoms with E-state index in [4.69, 9.17) is 9.47 Å². The zero-order valence-corrected chi connectivity index (χ0v) is 18.0. The summed E-state index contributed by atoms with van der Waals surface area (Å²) < 4.78 is 50.0. The average molecular weight is 450 g/mol. The molecule has 0 saturated carbocycles. The Kier molecular flexibility index (Phi) is 6.12. The fraction of sp³-hybridized carbons (Fsp3) is 0.381. The van der Waals surface area contributed by atoms with Gasteiger partial charge in [0, 0.05) is 39.8 Å². The highest BCUT2D eigenvalue weighted by molar-refractivity contribution is 7.89. The number of piperazine rings is 1. The molecule has 0 N–H and O–H groups in total. The van der Waals surface area contributed by atoms with Crippen LogP contribution in [0.15, 0.2) is 47.4 Å². The average Bonchev–Trinajstić information content (AvgIpc) is 3.22. The van der Waals surface area contributed by atoms with E-state index in [-0.39, 0.29) is 24.1 Å². The molecule has 1 fully saturated rings. The van der Waals surface area contributed by atoms with Crippen molar-refractivity contribution >= 4 is 15.9 Å². The lowest BCUT2D eigenvalue weighted by molar-refractivity contribution is -0.133. The van der Waals surface area contributed by atoms with E-state index in [2.05, 4.69) is 4.90 Å². The Hall–Kier alpha value is -2.69. The van der Waals surface area contributed by atoms with Crippen LogP contribution in [0.25, 0.3) is 0 Å². The molecular formula is C21H24FN3O5S. The predicted molar refractivity (Wildman–Crippen MR) is 111 cm³/mol. The SMILES string of the molecule is CN(CC(=O)N1CCN(Cc2ccc3c(c2)OCO3)CC1)S(=O)(=O)c1ccc(F)cc1. The molecule has 2 aliphatic heterocycles. The molecule has 0 unspecified atom stereocenters. The van der Waals surface area contributed by atoms with Crippen LogP contribution in [0.2, 0.25) is 0 Å². The molecule has 166 valence electrons. The number of amides is 1. The fourth-order valence-corrected chi connectivity index (χ4v) is 4.74. The van der Waals surface area contributed by atoms with Gasteiger partial charge in [-0.25, -0.2) is 12.8 Å². The number of fused-ring (bicyclic) bond motifs is 1. The first-order chi connectivity index (χ1) is 14.8. The molecule has 0 spiro atoms. The second-order valence-corrected chi connectivity index (χ2v) is 9.60. The van der Waals surface area contributed by atoms with Crippen molar-refractivity contribution in [2.45, 2.75) is 11.4 Å². The van der Waals surface area contributed by atoms with Crippen molar-refractivity contribution in [1.29, 1.82) is 0 Å². The Bertz CT molecular complexity index is 1050. The first kappa shape index (κ1) is 21.5. The zero-order valence-electron chi connectivity index (χ0n) is 17.2. The molecule has 2 aliphatic rings. The standard InChI is InChI=1S/C21H24FN3O5S/c1-23(31(27,28)18-5-3-17(22)4-6-18)14-21(26)25-10-8-24(9-11-25)13-16-2-7-19-20(12-16)30-15-29-19/h2-7,12H,8-11,13-15H2,1H3. The van der Waals surface area contributed by atoms with Crippen LogP contribution in [0.5, 0.6) is 11.5 Å². The van der Waals surface area contributed by atoms with Crippen LogP contribution in [0.3, 0.4) is 0 Å².